The van der Waals surface area contributed by atoms with Gasteiger partial charge >= 0.3 is 0 Å². The molecule has 4 nitrogen and oxygen atoms in total. The summed E-state index contributed by atoms with van der Waals surface area (Å²) in [4.78, 5) is 0. The van der Waals surface area contributed by atoms with E-state index in [1.807, 2.05) is 6.26 Å². The first-order valence-electron chi connectivity index (χ1n) is 4.48. The van der Waals surface area contributed by atoms with Gasteiger partial charge in [0.2, 0.25) is 5.89 Å². The van der Waals surface area contributed by atoms with Gasteiger partial charge in [-0.05, 0) is 19.1 Å². The standard InChI is InChI=1S/C8H13N3OS/c1-13-8-11-10-7(12-8)4-5-9-6-2-3-6/h6,9H,2-5H2,1H3. The predicted molar refractivity (Wildman–Crippen MR) is 50.8 cm³/mol. The van der Waals surface area contributed by atoms with Gasteiger partial charge in [-0.15, -0.1) is 10.2 Å². The minimum atomic E-state index is 0.654. The highest BCUT2D eigenvalue weighted by Gasteiger charge is 2.19. The van der Waals surface area contributed by atoms with Crippen molar-refractivity contribution < 1.29 is 4.42 Å². The van der Waals surface area contributed by atoms with Gasteiger partial charge in [0.15, 0.2) is 0 Å². The van der Waals surface area contributed by atoms with Gasteiger partial charge in [-0.1, -0.05) is 11.8 Å². The molecule has 13 heavy (non-hydrogen) atoms. The molecule has 0 aliphatic heterocycles. The van der Waals surface area contributed by atoms with Crippen molar-refractivity contribution in [3.63, 3.8) is 0 Å². The van der Waals surface area contributed by atoms with Gasteiger partial charge in [-0.2, -0.15) is 0 Å². The molecule has 1 N–H and O–H groups in total. The van der Waals surface area contributed by atoms with E-state index in [1.54, 1.807) is 0 Å². The third-order valence-corrected chi connectivity index (χ3v) is 2.49. The molecule has 1 aromatic heterocycles. The zero-order valence-electron chi connectivity index (χ0n) is 7.62. The highest BCUT2D eigenvalue weighted by atomic mass is 32.2. The van der Waals surface area contributed by atoms with Gasteiger partial charge in [0, 0.05) is 19.0 Å². The van der Waals surface area contributed by atoms with E-state index in [4.69, 9.17) is 4.42 Å². The summed E-state index contributed by atoms with van der Waals surface area (Å²) in [7, 11) is 0. The van der Waals surface area contributed by atoms with Crippen LogP contribution >= 0.6 is 11.8 Å². The summed E-state index contributed by atoms with van der Waals surface area (Å²) in [5, 5.41) is 11.8. The van der Waals surface area contributed by atoms with E-state index in [2.05, 4.69) is 15.5 Å². The third-order valence-electron chi connectivity index (χ3n) is 1.97. The number of hydrogen-bond donors (Lipinski definition) is 1. The second-order valence-electron chi connectivity index (χ2n) is 3.14. The van der Waals surface area contributed by atoms with E-state index in [-0.39, 0.29) is 0 Å². The molecule has 0 atom stereocenters. The lowest BCUT2D eigenvalue weighted by molar-refractivity contribution is 0.409. The molecule has 1 aliphatic rings. The molecule has 0 unspecified atom stereocenters. The number of rotatable bonds is 5. The van der Waals surface area contributed by atoms with Crippen LogP contribution in [0.5, 0.6) is 0 Å². The normalized spacial score (nSPS) is 16.4. The van der Waals surface area contributed by atoms with Gasteiger partial charge in [0.05, 0.1) is 0 Å². The van der Waals surface area contributed by atoms with Crippen LogP contribution in [-0.2, 0) is 6.42 Å². The van der Waals surface area contributed by atoms with Crippen LogP contribution in [-0.4, -0.2) is 29.0 Å². The molecule has 72 valence electrons. The lowest BCUT2D eigenvalue weighted by Gasteiger charge is -1.97. The highest BCUT2D eigenvalue weighted by Crippen LogP contribution is 2.18. The highest BCUT2D eigenvalue weighted by molar-refractivity contribution is 7.98. The molecule has 1 fully saturated rings. The van der Waals surface area contributed by atoms with Gasteiger partial charge < -0.3 is 9.73 Å². The van der Waals surface area contributed by atoms with E-state index in [9.17, 15) is 0 Å². The molecule has 0 aromatic carbocycles. The van der Waals surface area contributed by atoms with Crippen LogP contribution < -0.4 is 5.32 Å². The maximum absolute atomic E-state index is 5.34. The zero-order chi connectivity index (χ0) is 9.10. The van der Waals surface area contributed by atoms with E-state index >= 15 is 0 Å². The summed E-state index contributed by atoms with van der Waals surface area (Å²) in [6.45, 7) is 0.945. The second kappa shape index (κ2) is 4.11. The van der Waals surface area contributed by atoms with Crippen molar-refractivity contribution in [2.45, 2.75) is 30.5 Å². The number of aromatic nitrogens is 2. The van der Waals surface area contributed by atoms with Gasteiger partial charge in [0.25, 0.3) is 5.22 Å². The van der Waals surface area contributed by atoms with Gasteiger partial charge in [-0.25, -0.2) is 0 Å². The van der Waals surface area contributed by atoms with Crippen molar-refractivity contribution in [3.8, 4) is 0 Å². The molecule has 1 heterocycles. The Bertz CT molecular complexity index is 272. The van der Waals surface area contributed by atoms with Crippen molar-refractivity contribution in [2.75, 3.05) is 12.8 Å². The molecule has 1 saturated carbocycles. The van der Waals surface area contributed by atoms with Crippen LogP contribution in [0.1, 0.15) is 18.7 Å². The lowest BCUT2D eigenvalue weighted by atomic mass is 10.4. The average Bonchev–Trinajstić information content (AvgIpc) is 2.84. The van der Waals surface area contributed by atoms with Gasteiger partial charge in [0.1, 0.15) is 0 Å². The van der Waals surface area contributed by atoms with Gasteiger partial charge in [-0.3, -0.25) is 0 Å². The van der Waals surface area contributed by atoms with Crippen LogP contribution in [0.4, 0.5) is 0 Å². The molecule has 0 bridgehead atoms. The number of thioether (sulfide) groups is 1. The van der Waals surface area contributed by atoms with Crippen molar-refractivity contribution >= 4 is 11.8 Å². The Morgan fingerprint density at radius 1 is 1.54 bits per heavy atom. The fraction of sp³-hybridized carbons (Fsp3) is 0.750. The van der Waals surface area contributed by atoms with Crippen LogP contribution in [0.2, 0.25) is 0 Å². The first-order valence-corrected chi connectivity index (χ1v) is 5.70. The Balaban J connectivity index is 1.72. The largest absolute Gasteiger partial charge is 0.416 e. The summed E-state index contributed by atoms with van der Waals surface area (Å²) in [5.41, 5.74) is 0. The van der Waals surface area contributed by atoms with E-state index in [0.717, 1.165) is 24.9 Å². The Labute approximate surface area is 81.5 Å². The third kappa shape index (κ3) is 2.70. The topological polar surface area (TPSA) is 51.0 Å². The Kier molecular flexibility index (Phi) is 2.85. The molecule has 0 saturated heterocycles. The number of hydrogen-bond acceptors (Lipinski definition) is 5. The van der Waals surface area contributed by atoms with Crippen LogP contribution in [0.25, 0.3) is 0 Å². The molecule has 5 heteroatoms. The monoisotopic (exact) mass is 199 g/mol. The Morgan fingerprint density at radius 3 is 3.00 bits per heavy atom. The number of nitrogens with zero attached hydrogens (tertiary/aromatic N) is 2. The van der Waals surface area contributed by atoms with E-state index in [1.165, 1.54) is 24.6 Å². The summed E-state index contributed by atoms with van der Waals surface area (Å²) in [6, 6.07) is 0.753. The van der Waals surface area contributed by atoms with Crippen LogP contribution in [0, 0.1) is 0 Å². The van der Waals surface area contributed by atoms with Crippen molar-refractivity contribution in [2.24, 2.45) is 0 Å². The smallest absolute Gasteiger partial charge is 0.276 e. The fourth-order valence-corrected chi connectivity index (χ4v) is 1.39. The van der Waals surface area contributed by atoms with E-state index < -0.39 is 0 Å². The summed E-state index contributed by atoms with van der Waals surface area (Å²) < 4.78 is 5.34. The molecule has 2 rings (SSSR count). The SMILES string of the molecule is CSc1nnc(CCNC2CC2)o1. The van der Waals surface area contributed by atoms with Crippen molar-refractivity contribution in [1.82, 2.24) is 15.5 Å². The lowest BCUT2D eigenvalue weighted by Crippen LogP contribution is -2.19. The molecule has 1 aliphatic carbocycles. The summed E-state index contributed by atoms with van der Waals surface area (Å²) >= 11 is 1.48. The minimum absolute atomic E-state index is 0.654. The zero-order valence-corrected chi connectivity index (χ0v) is 8.43. The number of nitrogens with one attached hydrogen (secondary N) is 1. The van der Waals surface area contributed by atoms with Crippen molar-refractivity contribution in [3.05, 3.63) is 5.89 Å². The quantitative estimate of drug-likeness (QED) is 0.719. The molecular weight excluding hydrogens is 186 g/mol. The fourth-order valence-electron chi connectivity index (χ4n) is 1.09. The maximum Gasteiger partial charge on any atom is 0.276 e. The van der Waals surface area contributed by atoms with Crippen molar-refractivity contribution in [1.29, 1.82) is 0 Å². The molecular formula is C8H13N3OS. The second-order valence-corrected chi connectivity index (χ2v) is 3.90. The molecule has 0 spiro atoms. The molecule has 0 radical (unpaired) electrons. The summed E-state index contributed by atoms with van der Waals surface area (Å²) in [6.07, 6.45) is 5.41. The van der Waals surface area contributed by atoms with Crippen LogP contribution in [0.15, 0.2) is 9.64 Å². The Morgan fingerprint density at radius 2 is 2.38 bits per heavy atom. The molecule has 1 aromatic rings. The molecule has 0 amide bonds. The van der Waals surface area contributed by atoms with E-state index in [0.29, 0.717) is 5.22 Å². The maximum atomic E-state index is 5.34. The summed E-state index contributed by atoms with van der Waals surface area (Å²) in [5.74, 6) is 0.734. The average molecular weight is 199 g/mol. The van der Waals surface area contributed by atoms with Crippen LogP contribution in [0.3, 0.4) is 0 Å². The first kappa shape index (κ1) is 9.02. The first-order chi connectivity index (χ1) is 6.38. The Hall–Kier alpha value is -0.550. The predicted octanol–water partition coefficient (Wildman–Crippen LogP) is 1.09. The minimum Gasteiger partial charge on any atom is -0.416 e.